The van der Waals surface area contributed by atoms with Crippen LogP contribution in [-0.4, -0.2) is 16.0 Å². The smallest absolute Gasteiger partial charge is 0.335 e. The maximum absolute atomic E-state index is 11.0. The molecule has 0 fully saturated rings. The summed E-state index contributed by atoms with van der Waals surface area (Å²) in [4.78, 5) is 21.2. The van der Waals surface area contributed by atoms with Crippen molar-refractivity contribution >= 4 is 46.5 Å². The molecule has 0 heterocycles. The van der Waals surface area contributed by atoms with E-state index in [9.17, 15) is 20.2 Å². The highest BCUT2D eigenvalue weighted by Gasteiger charge is 2.12. The highest BCUT2D eigenvalue weighted by Crippen LogP contribution is 2.36. The first-order chi connectivity index (χ1) is 15.3. The predicted octanol–water partition coefficient (Wildman–Crippen LogP) is 6.24. The number of benzene rings is 3. The molecule has 3 aromatic rings. The fourth-order valence-corrected chi connectivity index (χ4v) is 3.42. The Labute approximate surface area is 192 Å². The number of aromatic carboxylic acids is 1. The van der Waals surface area contributed by atoms with Crippen LogP contribution in [0.4, 0.5) is 5.69 Å². The lowest BCUT2D eigenvalue weighted by atomic mass is 10.0. The third-order valence-electron chi connectivity index (χ3n) is 4.43. The Morgan fingerprint density at radius 1 is 1.06 bits per heavy atom. The Kier molecular flexibility index (Phi) is 7.11. The molecule has 3 rings (SSSR count). The molecule has 1 N–H and O–H groups in total. The number of halogens is 2. The Balaban J connectivity index is 1.80. The summed E-state index contributed by atoms with van der Waals surface area (Å²) in [6.45, 7) is 0.103. The Morgan fingerprint density at radius 3 is 2.12 bits per heavy atom. The van der Waals surface area contributed by atoms with Gasteiger partial charge >= 0.3 is 5.97 Å². The van der Waals surface area contributed by atoms with Crippen molar-refractivity contribution in [3.8, 4) is 11.8 Å². The fourth-order valence-electron chi connectivity index (χ4n) is 2.81. The van der Waals surface area contributed by atoms with Gasteiger partial charge in [0.05, 0.1) is 32.2 Å². The van der Waals surface area contributed by atoms with E-state index >= 15 is 0 Å². The number of rotatable bonds is 7. The van der Waals surface area contributed by atoms with Crippen LogP contribution in [0.3, 0.4) is 0 Å². The van der Waals surface area contributed by atoms with Crippen LogP contribution in [0.1, 0.15) is 27.0 Å². The van der Waals surface area contributed by atoms with Crippen molar-refractivity contribution in [1.29, 1.82) is 5.26 Å². The monoisotopic (exact) mass is 468 g/mol. The van der Waals surface area contributed by atoms with Crippen LogP contribution in [0, 0.1) is 21.4 Å². The normalized spacial score (nSPS) is 11.0. The number of hydrogen-bond donors (Lipinski definition) is 1. The van der Waals surface area contributed by atoms with Gasteiger partial charge in [0.1, 0.15) is 6.61 Å². The number of non-ortho nitro benzene ring substituents is 1. The summed E-state index contributed by atoms with van der Waals surface area (Å²) in [6.07, 6.45) is 1.58. The van der Waals surface area contributed by atoms with Crippen LogP contribution >= 0.6 is 23.2 Å². The van der Waals surface area contributed by atoms with E-state index in [0.29, 0.717) is 22.3 Å². The van der Waals surface area contributed by atoms with Gasteiger partial charge in [0.15, 0.2) is 5.75 Å². The maximum Gasteiger partial charge on any atom is 0.335 e. The van der Waals surface area contributed by atoms with Gasteiger partial charge < -0.3 is 9.84 Å². The van der Waals surface area contributed by atoms with E-state index in [1.807, 2.05) is 0 Å². The summed E-state index contributed by atoms with van der Waals surface area (Å²) in [6, 6.07) is 17.1. The van der Waals surface area contributed by atoms with Crippen molar-refractivity contribution in [3.05, 3.63) is 103 Å². The zero-order valence-corrected chi connectivity index (χ0v) is 17.8. The van der Waals surface area contributed by atoms with Crippen LogP contribution in [0.2, 0.25) is 10.0 Å². The fraction of sp³-hybridized carbons (Fsp3) is 0.0435. The molecule has 0 amide bonds. The van der Waals surface area contributed by atoms with Crippen molar-refractivity contribution < 1.29 is 19.6 Å². The summed E-state index contributed by atoms with van der Waals surface area (Å²) in [5.41, 5.74) is 2.19. The lowest BCUT2D eigenvalue weighted by Gasteiger charge is -2.11. The first-order valence-electron chi connectivity index (χ1n) is 9.09. The number of carbonyl (C=O) groups is 1. The highest BCUT2D eigenvalue weighted by molar-refractivity contribution is 6.37. The number of ether oxygens (including phenoxy) is 1. The molecular weight excluding hydrogens is 455 g/mol. The standard InChI is InChI=1S/C23H14Cl2N2O5/c24-20-10-15(9-18(12-26)16-3-5-17(6-4-16)23(28)29)11-21(25)22(20)32-13-14-1-7-19(8-2-14)27(30)31/h1-11H,13H2,(H,28,29). The molecule has 160 valence electrons. The van der Waals surface area contributed by atoms with Crippen molar-refractivity contribution in [2.75, 3.05) is 0 Å². The molecule has 0 atom stereocenters. The van der Waals surface area contributed by atoms with E-state index in [4.69, 9.17) is 33.0 Å². The summed E-state index contributed by atoms with van der Waals surface area (Å²) in [7, 11) is 0. The van der Waals surface area contributed by atoms with Crippen LogP contribution < -0.4 is 4.74 Å². The summed E-state index contributed by atoms with van der Waals surface area (Å²) in [5.74, 6) is -0.810. The van der Waals surface area contributed by atoms with E-state index in [-0.39, 0.29) is 33.7 Å². The predicted molar refractivity (Wildman–Crippen MR) is 121 cm³/mol. The van der Waals surface area contributed by atoms with Gasteiger partial charge in [-0.25, -0.2) is 4.79 Å². The number of nitro benzene ring substituents is 1. The van der Waals surface area contributed by atoms with Crippen LogP contribution in [-0.2, 0) is 6.61 Å². The molecule has 0 bridgehead atoms. The molecule has 0 saturated carbocycles. The topological polar surface area (TPSA) is 113 Å². The minimum atomic E-state index is -1.05. The van der Waals surface area contributed by atoms with E-state index in [1.165, 1.54) is 24.3 Å². The van der Waals surface area contributed by atoms with Crippen molar-refractivity contribution in [2.24, 2.45) is 0 Å². The largest absolute Gasteiger partial charge is 0.486 e. The molecule has 0 aliphatic rings. The summed E-state index contributed by atoms with van der Waals surface area (Å²) < 4.78 is 5.69. The van der Waals surface area contributed by atoms with Gasteiger partial charge in [0.2, 0.25) is 0 Å². The summed E-state index contributed by atoms with van der Waals surface area (Å²) >= 11 is 12.6. The third kappa shape index (κ3) is 5.43. The van der Waals surface area contributed by atoms with Crippen molar-refractivity contribution in [3.63, 3.8) is 0 Å². The molecule has 0 saturated heterocycles. The van der Waals surface area contributed by atoms with Gasteiger partial charge in [0, 0.05) is 12.1 Å². The molecule has 0 aromatic heterocycles. The van der Waals surface area contributed by atoms with E-state index in [0.717, 1.165) is 0 Å². The molecule has 0 aliphatic heterocycles. The van der Waals surface area contributed by atoms with Gasteiger partial charge in [-0.05, 0) is 59.2 Å². The Morgan fingerprint density at radius 2 is 1.62 bits per heavy atom. The number of carboxylic acids is 1. The van der Waals surface area contributed by atoms with E-state index in [2.05, 4.69) is 6.07 Å². The number of allylic oxidation sites excluding steroid dienone is 1. The Hall–Kier alpha value is -3.86. The van der Waals surface area contributed by atoms with Crippen LogP contribution in [0.25, 0.3) is 11.6 Å². The summed E-state index contributed by atoms with van der Waals surface area (Å²) in [5, 5.41) is 29.7. The zero-order valence-electron chi connectivity index (χ0n) is 16.3. The highest BCUT2D eigenvalue weighted by atomic mass is 35.5. The molecule has 9 heteroatoms. The van der Waals surface area contributed by atoms with Gasteiger partial charge in [-0.2, -0.15) is 5.26 Å². The van der Waals surface area contributed by atoms with Crippen molar-refractivity contribution in [2.45, 2.75) is 6.61 Å². The van der Waals surface area contributed by atoms with E-state index < -0.39 is 10.9 Å². The lowest BCUT2D eigenvalue weighted by molar-refractivity contribution is -0.384. The van der Waals surface area contributed by atoms with Gasteiger partial charge in [-0.15, -0.1) is 0 Å². The zero-order chi connectivity index (χ0) is 23.3. The number of carboxylic acid groups (broad SMARTS) is 1. The first-order valence-corrected chi connectivity index (χ1v) is 9.85. The number of nitriles is 1. The minimum absolute atomic E-state index is 0.0214. The average Bonchev–Trinajstić information content (AvgIpc) is 2.77. The second-order valence-electron chi connectivity index (χ2n) is 6.58. The van der Waals surface area contributed by atoms with Gasteiger partial charge in [-0.3, -0.25) is 10.1 Å². The molecule has 32 heavy (non-hydrogen) atoms. The quantitative estimate of drug-likeness (QED) is 0.190. The van der Waals surface area contributed by atoms with E-state index in [1.54, 1.807) is 42.5 Å². The maximum atomic E-state index is 11.0. The van der Waals surface area contributed by atoms with Crippen LogP contribution in [0.5, 0.6) is 5.75 Å². The molecule has 0 radical (unpaired) electrons. The van der Waals surface area contributed by atoms with Gasteiger partial charge in [-0.1, -0.05) is 35.3 Å². The number of hydrogen-bond acceptors (Lipinski definition) is 5. The second kappa shape index (κ2) is 9.96. The number of nitro groups is 1. The van der Waals surface area contributed by atoms with Crippen LogP contribution in [0.15, 0.2) is 60.7 Å². The molecular formula is C23H14Cl2N2O5. The Bertz CT molecular complexity index is 1220. The molecule has 7 nitrogen and oxygen atoms in total. The first kappa shape index (κ1) is 22.8. The number of nitrogens with zero attached hydrogens (tertiary/aromatic N) is 2. The minimum Gasteiger partial charge on any atom is -0.486 e. The SMILES string of the molecule is N#CC(=Cc1cc(Cl)c(OCc2ccc([N+](=O)[O-])cc2)c(Cl)c1)c1ccc(C(=O)O)cc1. The van der Waals surface area contributed by atoms with Crippen molar-refractivity contribution in [1.82, 2.24) is 0 Å². The molecule has 0 unspecified atom stereocenters. The van der Waals surface area contributed by atoms with Gasteiger partial charge in [0.25, 0.3) is 5.69 Å². The molecule has 0 spiro atoms. The third-order valence-corrected chi connectivity index (χ3v) is 4.99. The average molecular weight is 469 g/mol. The lowest BCUT2D eigenvalue weighted by Crippen LogP contribution is -1.98. The molecule has 3 aromatic carbocycles. The molecule has 0 aliphatic carbocycles. The second-order valence-corrected chi connectivity index (χ2v) is 7.39.